The Morgan fingerprint density at radius 2 is 1.92 bits per heavy atom. The van der Waals surface area contributed by atoms with E-state index >= 15 is 0 Å². The van der Waals surface area contributed by atoms with Gasteiger partial charge in [-0.1, -0.05) is 13.8 Å². The first-order valence-electron chi connectivity index (χ1n) is 9.07. The lowest BCUT2D eigenvalue weighted by atomic mass is 9.71. The highest BCUT2D eigenvalue weighted by Gasteiger charge is 2.46. The minimum atomic E-state index is -0.243. The smallest absolute Gasteiger partial charge is 0.161 e. The molecule has 0 radical (unpaired) electrons. The third kappa shape index (κ3) is 2.91. The van der Waals surface area contributed by atoms with Gasteiger partial charge in [0, 0.05) is 18.6 Å². The van der Waals surface area contributed by atoms with E-state index in [1.807, 2.05) is 0 Å². The van der Waals surface area contributed by atoms with Crippen molar-refractivity contribution in [2.24, 2.45) is 11.8 Å². The number of aliphatic hydroxyl groups excluding tert-OH is 1. The number of aliphatic hydroxyl groups is 1. The highest BCUT2D eigenvalue weighted by atomic mass is 16.5. The molecule has 3 rings (SSSR count). The van der Waals surface area contributed by atoms with Crippen molar-refractivity contribution in [2.75, 3.05) is 27.3 Å². The Morgan fingerprint density at radius 3 is 2.54 bits per heavy atom. The summed E-state index contributed by atoms with van der Waals surface area (Å²) in [5, 5.41) is 10.8. The maximum atomic E-state index is 10.8. The van der Waals surface area contributed by atoms with E-state index in [1.165, 1.54) is 11.1 Å². The van der Waals surface area contributed by atoms with Crippen LogP contribution in [-0.2, 0) is 12.0 Å². The summed E-state index contributed by atoms with van der Waals surface area (Å²) < 4.78 is 11.0. The fourth-order valence-corrected chi connectivity index (χ4v) is 4.65. The first-order chi connectivity index (χ1) is 11.4. The van der Waals surface area contributed by atoms with Gasteiger partial charge in [-0.3, -0.25) is 4.90 Å². The summed E-state index contributed by atoms with van der Waals surface area (Å²) in [6.07, 6.45) is 2.66. The number of hydrogen-bond donors (Lipinski definition) is 1. The van der Waals surface area contributed by atoms with Gasteiger partial charge in [0.2, 0.25) is 0 Å². The zero-order valence-corrected chi connectivity index (χ0v) is 15.6. The van der Waals surface area contributed by atoms with Crippen LogP contribution in [0.2, 0.25) is 0 Å². The lowest BCUT2D eigenvalue weighted by Gasteiger charge is -2.53. The fraction of sp³-hybridized carbons (Fsp3) is 0.700. The molecule has 0 bridgehead atoms. The lowest BCUT2D eigenvalue weighted by molar-refractivity contribution is -0.0647. The molecule has 1 aromatic rings. The molecule has 1 aromatic carbocycles. The molecule has 0 aliphatic carbocycles. The number of hydrogen-bond acceptors (Lipinski definition) is 4. The summed E-state index contributed by atoms with van der Waals surface area (Å²) in [4.78, 5) is 2.57. The molecule has 134 valence electrons. The molecule has 2 aliphatic heterocycles. The van der Waals surface area contributed by atoms with Crippen LogP contribution in [0.1, 0.15) is 44.7 Å². The topological polar surface area (TPSA) is 41.9 Å². The van der Waals surface area contributed by atoms with Gasteiger partial charge in [0.15, 0.2) is 11.5 Å². The standard InChI is InChI=1S/C20H31NO3/c1-13(2)8-15-12-21-7-6-14-9-18(23-4)19(24-5)10-16(14)20(21,3)11-17(15)22/h9-10,13,15,17,22H,6-8,11-12H2,1-5H3/t15-,17+,20+/m0/s1. The van der Waals surface area contributed by atoms with Crippen molar-refractivity contribution in [3.8, 4) is 11.5 Å². The molecule has 4 nitrogen and oxygen atoms in total. The number of benzene rings is 1. The van der Waals surface area contributed by atoms with Crippen LogP contribution in [0, 0.1) is 11.8 Å². The van der Waals surface area contributed by atoms with Crippen molar-refractivity contribution < 1.29 is 14.6 Å². The molecule has 24 heavy (non-hydrogen) atoms. The number of methoxy groups -OCH3 is 2. The summed E-state index contributed by atoms with van der Waals surface area (Å²) >= 11 is 0. The highest BCUT2D eigenvalue weighted by molar-refractivity contribution is 5.51. The molecule has 0 aromatic heterocycles. The van der Waals surface area contributed by atoms with Crippen LogP contribution in [0.4, 0.5) is 0 Å². The van der Waals surface area contributed by atoms with Crippen LogP contribution in [-0.4, -0.2) is 43.4 Å². The molecule has 0 unspecified atom stereocenters. The van der Waals surface area contributed by atoms with E-state index in [1.54, 1.807) is 14.2 Å². The first-order valence-corrected chi connectivity index (χ1v) is 9.07. The zero-order valence-electron chi connectivity index (χ0n) is 15.6. The normalized spacial score (nSPS) is 30.0. The largest absolute Gasteiger partial charge is 0.493 e. The maximum Gasteiger partial charge on any atom is 0.161 e. The molecule has 2 aliphatic rings. The minimum absolute atomic E-state index is 0.125. The van der Waals surface area contributed by atoms with E-state index < -0.39 is 0 Å². The first kappa shape index (κ1) is 17.6. The summed E-state index contributed by atoms with van der Waals surface area (Å²) in [6, 6.07) is 4.24. The van der Waals surface area contributed by atoms with Crippen LogP contribution in [0.25, 0.3) is 0 Å². The van der Waals surface area contributed by atoms with Crippen LogP contribution in [0.15, 0.2) is 12.1 Å². The van der Waals surface area contributed by atoms with Crippen LogP contribution >= 0.6 is 0 Å². The molecule has 2 heterocycles. The summed E-state index contributed by atoms with van der Waals surface area (Å²) in [5.41, 5.74) is 2.48. The van der Waals surface area contributed by atoms with Crippen molar-refractivity contribution in [2.45, 2.75) is 51.7 Å². The minimum Gasteiger partial charge on any atom is -0.493 e. The average molecular weight is 333 g/mol. The van der Waals surface area contributed by atoms with Crippen molar-refractivity contribution >= 4 is 0 Å². The molecule has 3 atom stereocenters. The maximum absolute atomic E-state index is 10.8. The third-order valence-electron chi connectivity index (χ3n) is 5.92. The Balaban J connectivity index is 1.96. The van der Waals surface area contributed by atoms with Crippen LogP contribution in [0.3, 0.4) is 0 Å². The van der Waals surface area contributed by atoms with E-state index in [0.717, 1.165) is 43.9 Å². The van der Waals surface area contributed by atoms with E-state index in [0.29, 0.717) is 11.8 Å². The van der Waals surface area contributed by atoms with Gasteiger partial charge in [-0.25, -0.2) is 0 Å². The Labute approximate surface area is 145 Å². The number of rotatable bonds is 4. The predicted molar refractivity (Wildman–Crippen MR) is 95.7 cm³/mol. The molecule has 4 heteroatoms. The van der Waals surface area contributed by atoms with Crippen LogP contribution < -0.4 is 9.47 Å². The van der Waals surface area contributed by atoms with Gasteiger partial charge < -0.3 is 14.6 Å². The number of fused-ring (bicyclic) bond motifs is 3. The second kappa shape index (κ2) is 6.57. The SMILES string of the molecule is COc1cc2c(cc1OC)[C@@]1(C)C[C@@H](O)[C@@H](CC(C)C)CN1CC2. The van der Waals surface area contributed by atoms with Gasteiger partial charge in [0.05, 0.1) is 20.3 Å². The van der Waals surface area contributed by atoms with E-state index in [4.69, 9.17) is 9.47 Å². The van der Waals surface area contributed by atoms with E-state index in [-0.39, 0.29) is 11.6 Å². The monoisotopic (exact) mass is 333 g/mol. The van der Waals surface area contributed by atoms with Gasteiger partial charge in [0.1, 0.15) is 0 Å². The molecule has 0 saturated carbocycles. The summed E-state index contributed by atoms with van der Waals surface area (Å²) in [7, 11) is 3.36. The second-order valence-corrected chi connectivity index (χ2v) is 8.00. The number of nitrogens with zero attached hydrogens (tertiary/aromatic N) is 1. The van der Waals surface area contributed by atoms with Gasteiger partial charge in [0.25, 0.3) is 0 Å². The molecule has 1 fully saturated rings. The molecular formula is C20H31NO3. The summed E-state index contributed by atoms with van der Waals surface area (Å²) in [5.74, 6) is 2.57. The average Bonchev–Trinajstić information content (AvgIpc) is 2.54. The quantitative estimate of drug-likeness (QED) is 0.919. The summed E-state index contributed by atoms with van der Waals surface area (Å²) in [6.45, 7) is 8.77. The van der Waals surface area contributed by atoms with Crippen LogP contribution in [0.5, 0.6) is 11.5 Å². The molecular weight excluding hydrogens is 302 g/mol. The zero-order chi connectivity index (χ0) is 17.5. The Hall–Kier alpha value is -1.26. The van der Waals surface area contributed by atoms with Gasteiger partial charge >= 0.3 is 0 Å². The van der Waals surface area contributed by atoms with E-state index in [2.05, 4.69) is 37.8 Å². The van der Waals surface area contributed by atoms with Crippen molar-refractivity contribution in [3.63, 3.8) is 0 Å². The fourth-order valence-electron chi connectivity index (χ4n) is 4.65. The van der Waals surface area contributed by atoms with Crippen molar-refractivity contribution in [3.05, 3.63) is 23.3 Å². The third-order valence-corrected chi connectivity index (χ3v) is 5.92. The van der Waals surface area contributed by atoms with Gasteiger partial charge in [-0.05, 0) is 61.3 Å². The van der Waals surface area contributed by atoms with Crippen molar-refractivity contribution in [1.29, 1.82) is 0 Å². The molecule has 0 amide bonds. The van der Waals surface area contributed by atoms with E-state index in [9.17, 15) is 5.11 Å². The van der Waals surface area contributed by atoms with Gasteiger partial charge in [-0.15, -0.1) is 0 Å². The highest BCUT2D eigenvalue weighted by Crippen LogP contribution is 2.47. The number of ether oxygens (including phenoxy) is 2. The Morgan fingerprint density at radius 1 is 1.25 bits per heavy atom. The number of piperidine rings is 1. The predicted octanol–water partition coefficient (Wildman–Crippen LogP) is 3.20. The van der Waals surface area contributed by atoms with Crippen molar-refractivity contribution in [1.82, 2.24) is 4.90 Å². The van der Waals surface area contributed by atoms with Gasteiger partial charge in [-0.2, -0.15) is 0 Å². The Bertz CT molecular complexity index is 601. The Kier molecular flexibility index (Phi) is 4.80. The lowest BCUT2D eigenvalue weighted by Crippen LogP contribution is -2.58. The molecule has 1 N–H and O–H groups in total. The second-order valence-electron chi connectivity index (χ2n) is 8.00. The molecule has 1 saturated heterocycles. The molecule has 0 spiro atoms.